The highest BCUT2D eigenvalue weighted by Crippen LogP contribution is 2.29. The Balaban J connectivity index is 1.49. The summed E-state index contributed by atoms with van der Waals surface area (Å²) < 4.78 is 56.5. The molecule has 0 spiro atoms. The molecule has 190 valence electrons. The van der Waals surface area contributed by atoms with Gasteiger partial charge in [0.05, 0.1) is 17.1 Å². The Kier molecular flexibility index (Phi) is 6.61. The Morgan fingerprint density at radius 1 is 0.946 bits per heavy atom. The second-order valence-corrected chi connectivity index (χ2v) is 10.7. The first kappa shape index (κ1) is 24.8. The molecule has 10 heteroatoms. The van der Waals surface area contributed by atoms with Crippen LogP contribution in [0.4, 0.5) is 14.5 Å². The summed E-state index contributed by atoms with van der Waals surface area (Å²) in [6.07, 6.45) is 0.441. The van der Waals surface area contributed by atoms with E-state index >= 15 is 0 Å². The molecule has 0 bridgehead atoms. The van der Waals surface area contributed by atoms with Gasteiger partial charge in [-0.25, -0.2) is 17.2 Å². The minimum Gasteiger partial charge on any atom is -0.302 e. The van der Waals surface area contributed by atoms with Gasteiger partial charge >= 0.3 is 0 Å². The third-order valence-corrected chi connectivity index (χ3v) is 8.31. The van der Waals surface area contributed by atoms with Gasteiger partial charge in [-0.3, -0.25) is 9.48 Å². The molecule has 37 heavy (non-hydrogen) atoms. The number of carbonyl (C=O) groups excluding carboxylic acids is 1. The van der Waals surface area contributed by atoms with Gasteiger partial charge < -0.3 is 4.90 Å². The SMILES string of the molecule is Cn1nc(CN(C(=O)c2ccc(F)cc2)c2ccccc2)c2c1CCN(S(=O)(=O)c1ccc(F)cc1)C2. The number of nitrogens with zero attached hydrogens (tertiary/aromatic N) is 4. The normalized spacial score (nSPS) is 13.8. The van der Waals surface area contributed by atoms with Crippen molar-refractivity contribution in [3.63, 3.8) is 0 Å². The van der Waals surface area contributed by atoms with Gasteiger partial charge in [0.1, 0.15) is 11.6 Å². The number of hydrogen-bond donors (Lipinski definition) is 0. The van der Waals surface area contributed by atoms with E-state index in [1.54, 1.807) is 28.8 Å². The van der Waals surface area contributed by atoms with Crippen LogP contribution < -0.4 is 4.90 Å². The van der Waals surface area contributed by atoms with Crippen molar-refractivity contribution in [1.82, 2.24) is 14.1 Å². The fourth-order valence-corrected chi connectivity index (χ4v) is 5.93. The predicted octanol–water partition coefficient (Wildman–Crippen LogP) is 4.29. The lowest BCUT2D eigenvalue weighted by Gasteiger charge is -2.28. The van der Waals surface area contributed by atoms with Crippen molar-refractivity contribution >= 4 is 21.6 Å². The van der Waals surface area contributed by atoms with E-state index in [0.717, 1.165) is 23.4 Å². The minimum absolute atomic E-state index is 0.0141. The number of amides is 1. The molecule has 5 rings (SSSR count). The second-order valence-electron chi connectivity index (χ2n) is 8.77. The van der Waals surface area contributed by atoms with Crippen molar-refractivity contribution in [2.75, 3.05) is 11.4 Å². The maximum absolute atomic E-state index is 13.5. The zero-order valence-electron chi connectivity index (χ0n) is 20.0. The number of anilines is 1. The summed E-state index contributed by atoms with van der Waals surface area (Å²) in [4.78, 5) is 15.1. The zero-order chi connectivity index (χ0) is 26.2. The molecule has 0 unspecified atom stereocenters. The number of aromatic nitrogens is 2. The van der Waals surface area contributed by atoms with E-state index in [1.807, 2.05) is 18.2 Å². The molecule has 0 atom stereocenters. The van der Waals surface area contributed by atoms with Crippen molar-refractivity contribution in [3.05, 3.63) is 113 Å². The number of aryl methyl sites for hydroxylation is 1. The Morgan fingerprint density at radius 3 is 2.22 bits per heavy atom. The lowest BCUT2D eigenvalue weighted by atomic mass is 10.1. The summed E-state index contributed by atoms with van der Waals surface area (Å²) in [6.45, 7) is 0.419. The molecule has 2 heterocycles. The maximum atomic E-state index is 13.5. The van der Waals surface area contributed by atoms with Crippen LogP contribution in [0, 0.1) is 11.6 Å². The molecule has 0 aliphatic carbocycles. The number of hydrogen-bond acceptors (Lipinski definition) is 4. The van der Waals surface area contributed by atoms with E-state index < -0.39 is 21.7 Å². The Labute approximate surface area is 213 Å². The smallest absolute Gasteiger partial charge is 0.258 e. The largest absolute Gasteiger partial charge is 0.302 e. The van der Waals surface area contributed by atoms with Crippen LogP contribution in [-0.2, 0) is 36.6 Å². The number of halogens is 2. The predicted molar refractivity (Wildman–Crippen MR) is 134 cm³/mol. The molecular weight excluding hydrogens is 498 g/mol. The first-order chi connectivity index (χ1) is 17.7. The van der Waals surface area contributed by atoms with Gasteiger partial charge in [0.15, 0.2) is 0 Å². The zero-order valence-corrected chi connectivity index (χ0v) is 20.8. The molecular formula is C27H24F2N4O3S. The summed E-state index contributed by atoms with van der Waals surface area (Å²) >= 11 is 0. The number of fused-ring (bicyclic) bond motifs is 1. The Bertz CT molecular complexity index is 1540. The second kappa shape index (κ2) is 9.87. The van der Waals surface area contributed by atoms with Crippen molar-refractivity contribution in [2.45, 2.75) is 24.4 Å². The molecule has 0 radical (unpaired) electrons. The quantitative estimate of drug-likeness (QED) is 0.379. The summed E-state index contributed by atoms with van der Waals surface area (Å²) in [5.41, 5.74) is 3.13. The van der Waals surface area contributed by atoms with Crippen LogP contribution in [0.2, 0.25) is 0 Å². The fraction of sp³-hybridized carbons (Fsp3) is 0.185. The fourth-order valence-electron chi connectivity index (χ4n) is 4.52. The van der Waals surface area contributed by atoms with E-state index in [2.05, 4.69) is 5.10 Å². The van der Waals surface area contributed by atoms with E-state index in [0.29, 0.717) is 23.4 Å². The van der Waals surface area contributed by atoms with Crippen LogP contribution in [0.1, 0.15) is 27.3 Å². The lowest BCUT2D eigenvalue weighted by Crippen LogP contribution is -2.37. The van der Waals surface area contributed by atoms with E-state index in [4.69, 9.17) is 0 Å². The first-order valence-electron chi connectivity index (χ1n) is 11.7. The van der Waals surface area contributed by atoms with Gasteiger partial charge in [0.25, 0.3) is 5.91 Å². The molecule has 0 saturated carbocycles. The van der Waals surface area contributed by atoms with E-state index in [1.165, 1.54) is 40.7 Å². The molecule has 7 nitrogen and oxygen atoms in total. The molecule has 1 aliphatic heterocycles. The first-order valence-corrected chi connectivity index (χ1v) is 13.1. The monoisotopic (exact) mass is 522 g/mol. The van der Waals surface area contributed by atoms with Gasteiger partial charge in [-0.2, -0.15) is 9.40 Å². The Hall–Kier alpha value is -3.89. The van der Waals surface area contributed by atoms with Crippen LogP contribution >= 0.6 is 0 Å². The highest BCUT2D eigenvalue weighted by Gasteiger charge is 2.33. The van der Waals surface area contributed by atoms with E-state index in [-0.39, 0.29) is 30.4 Å². The summed E-state index contributed by atoms with van der Waals surface area (Å²) in [6, 6.07) is 19.1. The summed E-state index contributed by atoms with van der Waals surface area (Å²) in [5, 5.41) is 4.64. The number of para-hydroxylation sites is 1. The van der Waals surface area contributed by atoms with Crippen LogP contribution in [0.5, 0.6) is 0 Å². The standard InChI is InChI=1S/C27H24F2N4O3S/c1-31-26-15-16-32(37(35,36)23-13-11-21(29)12-14-23)17-24(26)25(30-31)18-33(22-5-3-2-4-6-22)27(34)19-7-9-20(28)10-8-19/h2-14H,15-18H2,1H3. The summed E-state index contributed by atoms with van der Waals surface area (Å²) in [7, 11) is -2.07. The van der Waals surface area contributed by atoms with Gasteiger partial charge in [-0.1, -0.05) is 18.2 Å². The third kappa shape index (κ3) is 4.90. The van der Waals surface area contributed by atoms with Crippen molar-refractivity contribution in [2.24, 2.45) is 7.05 Å². The number of sulfonamides is 1. The molecule has 0 N–H and O–H groups in total. The lowest BCUT2D eigenvalue weighted by molar-refractivity contribution is 0.0984. The number of carbonyl (C=O) groups is 1. The van der Waals surface area contributed by atoms with Crippen LogP contribution in [-0.4, -0.2) is 35.0 Å². The number of benzene rings is 3. The highest BCUT2D eigenvalue weighted by molar-refractivity contribution is 7.89. The van der Waals surface area contributed by atoms with Gasteiger partial charge in [0.2, 0.25) is 10.0 Å². The van der Waals surface area contributed by atoms with Crippen molar-refractivity contribution in [1.29, 1.82) is 0 Å². The average molecular weight is 523 g/mol. The molecule has 0 fully saturated rings. The van der Waals surface area contributed by atoms with Gasteiger partial charge in [0, 0.05) is 49.1 Å². The third-order valence-electron chi connectivity index (χ3n) is 6.45. The molecule has 4 aromatic rings. The van der Waals surface area contributed by atoms with E-state index in [9.17, 15) is 22.0 Å². The topological polar surface area (TPSA) is 75.5 Å². The van der Waals surface area contributed by atoms with Crippen molar-refractivity contribution in [3.8, 4) is 0 Å². The maximum Gasteiger partial charge on any atom is 0.258 e. The van der Waals surface area contributed by atoms with Crippen LogP contribution in [0.25, 0.3) is 0 Å². The number of rotatable bonds is 6. The van der Waals surface area contributed by atoms with Crippen LogP contribution in [0.15, 0.2) is 83.8 Å². The van der Waals surface area contributed by atoms with Gasteiger partial charge in [-0.15, -0.1) is 0 Å². The molecule has 1 amide bonds. The molecule has 1 aromatic heterocycles. The summed E-state index contributed by atoms with van der Waals surface area (Å²) in [5.74, 6) is -1.29. The Morgan fingerprint density at radius 2 is 1.57 bits per heavy atom. The highest BCUT2D eigenvalue weighted by atomic mass is 32.2. The van der Waals surface area contributed by atoms with Crippen molar-refractivity contribution < 1.29 is 22.0 Å². The molecule has 3 aromatic carbocycles. The van der Waals surface area contributed by atoms with Gasteiger partial charge in [-0.05, 0) is 60.7 Å². The molecule has 1 aliphatic rings. The van der Waals surface area contributed by atoms with Crippen LogP contribution in [0.3, 0.4) is 0 Å². The average Bonchev–Trinajstić information content (AvgIpc) is 3.22. The minimum atomic E-state index is -3.86. The molecule has 0 saturated heterocycles.